The van der Waals surface area contributed by atoms with Crippen LogP contribution < -0.4 is 10.1 Å². The highest BCUT2D eigenvalue weighted by atomic mass is 35.5. The molecule has 2 heterocycles. The molecule has 37 heavy (non-hydrogen) atoms. The highest BCUT2D eigenvalue weighted by Gasteiger charge is 2.19. The van der Waals surface area contributed by atoms with E-state index in [-0.39, 0.29) is 5.91 Å². The summed E-state index contributed by atoms with van der Waals surface area (Å²) in [5.74, 6) is 1.92. The van der Waals surface area contributed by atoms with Crippen molar-refractivity contribution in [3.63, 3.8) is 0 Å². The quantitative estimate of drug-likeness (QED) is 0.344. The molecule has 0 bridgehead atoms. The standard InChI is InChI=1S/C29H39ClN4O3/c1-31-20-27-29(22-7-9-23(30)10-8-22)25-12-11-24(19-26(25)37-27)36-18-6-4-5-13-33-14-16-34(17-15-33)21-28(35)32(2)3/h7-12,19,31H,4-6,13-18,20-21H2,1-3H3. The molecule has 7 nitrogen and oxygen atoms in total. The van der Waals surface area contributed by atoms with Crippen LogP contribution in [0.1, 0.15) is 25.0 Å². The van der Waals surface area contributed by atoms with Gasteiger partial charge in [0.25, 0.3) is 0 Å². The first-order valence-electron chi connectivity index (χ1n) is 13.2. The summed E-state index contributed by atoms with van der Waals surface area (Å²) in [5, 5.41) is 5.00. The Balaban J connectivity index is 1.21. The van der Waals surface area contributed by atoms with Crippen molar-refractivity contribution < 1.29 is 13.9 Å². The summed E-state index contributed by atoms with van der Waals surface area (Å²) in [7, 11) is 5.55. The maximum atomic E-state index is 11.9. The average Bonchev–Trinajstić information content (AvgIpc) is 3.25. The van der Waals surface area contributed by atoms with Crippen LogP contribution in [0.4, 0.5) is 0 Å². The zero-order chi connectivity index (χ0) is 26.2. The van der Waals surface area contributed by atoms with Gasteiger partial charge in [0, 0.05) is 62.3 Å². The van der Waals surface area contributed by atoms with E-state index in [4.69, 9.17) is 20.8 Å². The van der Waals surface area contributed by atoms with Crippen molar-refractivity contribution >= 4 is 28.5 Å². The zero-order valence-corrected chi connectivity index (χ0v) is 23.0. The molecule has 0 unspecified atom stereocenters. The summed E-state index contributed by atoms with van der Waals surface area (Å²) >= 11 is 6.09. The third-order valence-corrected chi connectivity index (χ3v) is 7.17. The van der Waals surface area contributed by atoms with Gasteiger partial charge >= 0.3 is 0 Å². The Labute approximate surface area is 225 Å². The lowest BCUT2D eigenvalue weighted by Crippen LogP contribution is -2.49. The van der Waals surface area contributed by atoms with Gasteiger partial charge in [-0.05, 0) is 62.7 Å². The van der Waals surface area contributed by atoms with Crippen LogP contribution in [0.25, 0.3) is 22.1 Å². The summed E-state index contributed by atoms with van der Waals surface area (Å²) in [5.41, 5.74) is 3.02. The Morgan fingerprint density at radius 1 is 1.03 bits per heavy atom. The van der Waals surface area contributed by atoms with Gasteiger partial charge < -0.3 is 24.3 Å². The van der Waals surface area contributed by atoms with Crippen molar-refractivity contribution in [2.24, 2.45) is 0 Å². The number of carbonyl (C=O) groups is 1. The number of unbranched alkanes of at least 4 members (excludes halogenated alkanes) is 2. The van der Waals surface area contributed by atoms with E-state index in [0.29, 0.717) is 19.7 Å². The summed E-state index contributed by atoms with van der Waals surface area (Å²) < 4.78 is 12.3. The molecule has 8 heteroatoms. The fourth-order valence-electron chi connectivity index (χ4n) is 4.74. The number of hydrogen-bond acceptors (Lipinski definition) is 6. The smallest absolute Gasteiger partial charge is 0.236 e. The minimum absolute atomic E-state index is 0.181. The number of piperazine rings is 1. The first kappa shape index (κ1) is 27.5. The van der Waals surface area contributed by atoms with Crippen molar-refractivity contribution in [2.75, 3.05) is 67.0 Å². The maximum Gasteiger partial charge on any atom is 0.236 e. The van der Waals surface area contributed by atoms with E-state index in [9.17, 15) is 4.79 Å². The molecular formula is C29H39ClN4O3. The Bertz CT molecular complexity index is 1150. The molecule has 200 valence electrons. The second-order valence-corrected chi connectivity index (χ2v) is 10.3. The first-order chi connectivity index (χ1) is 17.9. The lowest BCUT2D eigenvalue weighted by atomic mass is 10.0. The number of halogens is 1. The number of likely N-dealkylation sites (N-methyl/N-ethyl adjacent to an activating group) is 1. The van der Waals surface area contributed by atoms with Crippen LogP contribution in [0, 0.1) is 0 Å². The summed E-state index contributed by atoms with van der Waals surface area (Å²) in [6, 6.07) is 14.0. The highest BCUT2D eigenvalue weighted by Crippen LogP contribution is 2.37. The number of benzene rings is 2. The number of furan rings is 1. The zero-order valence-electron chi connectivity index (χ0n) is 22.3. The predicted octanol–water partition coefficient (Wildman–Crippen LogP) is 4.73. The van der Waals surface area contributed by atoms with E-state index < -0.39 is 0 Å². The van der Waals surface area contributed by atoms with E-state index in [1.54, 1.807) is 4.90 Å². The minimum atomic E-state index is 0.181. The lowest BCUT2D eigenvalue weighted by molar-refractivity contribution is -0.130. The van der Waals surface area contributed by atoms with Crippen LogP contribution in [-0.4, -0.2) is 87.6 Å². The Morgan fingerprint density at radius 3 is 2.46 bits per heavy atom. The van der Waals surface area contributed by atoms with Crippen LogP contribution in [0.15, 0.2) is 46.9 Å². The van der Waals surface area contributed by atoms with E-state index in [1.165, 1.54) is 0 Å². The molecule has 1 fully saturated rings. The molecule has 0 saturated carbocycles. The van der Waals surface area contributed by atoms with Crippen LogP contribution in [-0.2, 0) is 11.3 Å². The molecule has 1 aromatic heterocycles. The molecule has 1 aliphatic rings. The second kappa shape index (κ2) is 13.3. The summed E-state index contributed by atoms with van der Waals surface area (Å²) in [6.45, 7) is 6.98. The van der Waals surface area contributed by atoms with Crippen LogP contribution in [0.3, 0.4) is 0 Å². The van der Waals surface area contributed by atoms with Gasteiger partial charge in [0.15, 0.2) is 0 Å². The molecular weight excluding hydrogens is 488 g/mol. The Morgan fingerprint density at radius 2 is 1.76 bits per heavy atom. The third kappa shape index (κ3) is 7.48. The van der Waals surface area contributed by atoms with Gasteiger partial charge in [-0.25, -0.2) is 0 Å². The van der Waals surface area contributed by atoms with Crippen molar-refractivity contribution in [2.45, 2.75) is 25.8 Å². The van der Waals surface area contributed by atoms with Gasteiger partial charge in [0.1, 0.15) is 17.1 Å². The summed E-state index contributed by atoms with van der Waals surface area (Å²) in [6.07, 6.45) is 3.32. The third-order valence-electron chi connectivity index (χ3n) is 6.91. The number of hydrogen-bond donors (Lipinski definition) is 1. The Kier molecular flexibility index (Phi) is 9.86. The van der Waals surface area contributed by atoms with Gasteiger partial charge in [-0.2, -0.15) is 0 Å². The van der Waals surface area contributed by atoms with Crippen LogP contribution in [0.5, 0.6) is 5.75 Å². The average molecular weight is 527 g/mol. The molecule has 3 aromatic rings. The van der Waals surface area contributed by atoms with Gasteiger partial charge in [-0.15, -0.1) is 0 Å². The van der Waals surface area contributed by atoms with Gasteiger partial charge in [0.05, 0.1) is 19.7 Å². The number of nitrogens with one attached hydrogen (secondary N) is 1. The lowest BCUT2D eigenvalue weighted by Gasteiger charge is -2.34. The van der Waals surface area contributed by atoms with E-state index in [1.807, 2.05) is 57.5 Å². The number of carbonyl (C=O) groups excluding carboxylic acids is 1. The number of ether oxygens (including phenoxy) is 1. The second-order valence-electron chi connectivity index (χ2n) is 9.91. The van der Waals surface area contributed by atoms with Crippen molar-refractivity contribution in [3.8, 4) is 16.9 Å². The maximum absolute atomic E-state index is 11.9. The molecule has 0 aliphatic carbocycles. The number of nitrogens with zero attached hydrogens (tertiary/aromatic N) is 3. The summed E-state index contributed by atoms with van der Waals surface area (Å²) in [4.78, 5) is 18.3. The number of amides is 1. The molecule has 1 saturated heterocycles. The molecule has 0 atom stereocenters. The van der Waals surface area contributed by atoms with Crippen molar-refractivity contribution in [1.29, 1.82) is 0 Å². The van der Waals surface area contributed by atoms with E-state index >= 15 is 0 Å². The SMILES string of the molecule is CNCc1oc2cc(OCCCCCN3CCN(CC(=O)N(C)C)CC3)ccc2c1-c1ccc(Cl)cc1. The predicted molar refractivity (Wildman–Crippen MR) is 150 cm³/mol. The number of fused-ring (bicyclic) bond motifs is 1. The van der Waals surface area contributed by atoms with Gasteiger partial charge in [-0.3, -0.25) is 9.69 Å². The molecule has 0 spiro atoms. The fourth-order valence-corrected chi connectivity index (χ4v) is 4.87. The largest absolute Gasteiger partial charge is 0.493 e. The van der Waals surface area contributed by atoms with Gasteiger partial charge in [0.2, 0.25) is 5.91 Å². The van der Waals surface area contributed by atoms with Crippen LogP contribution in [0.2, 0.25) is 5.02 Å². The van der Waals surface area contributed by atoms with Crippen molar-refractivity contribution in [3.05, 3.63) is 53.2 Å². The minimum Gasteiger partial charge on any atom is -0.493 e. The topological polar surface area (TPSA) is 61.2 Å². The van der Waals surface area contributed by atoms with Gasteiger partial charge in [-0.1, -0.05) is 23.7 Å². The molecule has 0 radical (unpaired) electrons. The Hall–Kier alpha value is -2.58. The fraction of sp³-hybridized carbons (Fsp3) is 0.483. The first-order valence-corrected chi connectivity index (χ1v) is 13.6. The molecule has 1 amide bonds. The molecule has 2 aromatic carbocycles. The van der Waals surface area contributed by atoms with Crippen molar-refractivity contribution in [1.82, 2.24) is 20.0 Å². The van der Waals surface area contributed by atoms with E-state index in [0.717, 1.165) is 90.6 Å². The monoisotopic (exact) mass is 526 g/mol. The molecule has 1 aliphatic heterocycles. The highest BCUT2D eigenvalue weighted by molar-refractivity contribution is 6.30. The molecule has 1 N–H and O–H groups in total. The van der Waals surface area contributed by atoms with Crippen LogP contribution >= 0.6 is 11.6 Å². The van der Waals surface area contributed by atoms with E-state index in [2.05, 4.69) is 21.2 Å². The molecule has 4 rings (SSSR count). The normalized spacial score (nSPS) is 14.8. The number of rotatable bonds is 12.